The largest absolute Gasteiger partial charge is 0.489 e. The first-order valence-electron chi connectivity index (χ1n) is 20.3. The lowest BCUT2D eigenvalue weighted by atomic mass is 9.91. The lowest BCUT2D eigenvalue weighted by Crippen LogP contribution is -2.56. The van der Waals surface area contributed by atoms with Gasteiger partial charge in [0.25, 0.3) is 0 Å². The van der Waals surface area contributed by atoms with Crippen molar-refractivity contribution in [3.63, 3.8) is 0 Å². The molecule has 12 nitrogen and oxygen atoms in total. The van der Waals surface area contributed by atoms with Gasteiger partial charge in [-0.2, -0.15) is 5.26 Å². The van der Waals surface area contributed by atoms with Crippen molar-refractivity contribution in [2.75, 3.05) is 18.6 Å². The van der Waals surface area contributed by atoms with Crippen molar-refractivity contribution in [3.05, 3.63) is 147 Å². The van der Waals surface area contributed by atoms with E-state index >= 15 is 0 Å². The molecular weight excluding hydrogens is 843 g/mol. The molecule has 2 aliphatic heterocycles. The summed E-state index contributed by atoms with van der Waals surface area (Å²) in [5, 5.41) is 12.9. The van der Waals surface area contributed by atoms with Crippen molar-refractivity contribution >= 4 is 52.8 Å². The van der Waals surface area contributed by atoms with E-state index in [1.807, 2.05) is 78.9 Å². The Balaban J connectivity index is 1.11. The van der Waals surface area contributed by atoms with E-state index in [4.69, 9.17) is 47.4 Å². The highest BCUT2D eigenvalue weighted by atomic mass is 35.5. The second kappa shape index (κ2) is 18.8. The molecule has 0 radical (unpaired) electrons. The normalized spacial score (nSPS) is 16.0. The van der Waals surface area contributed by atoms with Crippen LogP contribution in [0.25, 0.3) is 11.1 Å². The maximum atomic E-state index is 14.3. The Kier molecular flexibility index (Phi) is 13.3. The SMILES string of the molecule is COC(=O)[C@H](Cc1ccc(-c2ccc(C#N)cc2)cc1)NC(=O)C1Cc2cc3c(cc2CN1C(=O)OC(C)(C)C)OC(c1ccc(OCc2ccc(Cl)c(Cl)c2)cc1)CN3C(C)=O. The van der Waals surface area contributed by atoms with Crippen molar-refractivity contribution in [2.45, 2.75) is 77.5 Å². The summed E-state index contributed by atoms with van der Waals surface area (Å²) in [5.41, 5.74) is 5.97. The molecular formula is C49H46Cl2N4O8. The maximum Gasteiger partial charge on any atom is 0.411 e. The molecule has 7 rings (SSSR count). The number of nitrogens with zero attached hydrogens (tertiary/aromatic N) is 3. The lowest BCUT2D eigenvalue weighted by Gasteiger charge is -2.40. The fraction of sp³-hybridized carbons (Fsp3) is 0.286. The van der Waals surface area contributed by atoms with Crippen molar-refractivity contribution in [2.24, 2.45) is 0 Å². The molecule has 0 fully saturated rings. The molecule has 324 valence electrons. The van der Waals surface area contributed by atoms with Crippen LogP contribution in [0.5, 0.6) is 11.5 Å². The number of anilines is 1. The average Bonchev–Trinajstić information content (AvgIpc) is 3.27. The lowest BCUT2D eigenvalue weighted by molar-refractivity contribution is -0.145. The van der Waals surface area contributed by atoms with Crippen LogP contribution in [0.3, 0.4) is 0 Å². The highest BCUT2D eigenvalue weighted by Crippen LogP contribution is 2.42. The molecule has 2 unspecified atom stereocenters. The zero-order chi connectivity index (χ0) is 45.0. The smallest absolute Gasteiger partial charge is 0.411 e. The zero-order valence-electron chi connectivity index (χ0n) is 35.4. The van der Waals surface area contributed by atoms with Gasteiger partial charge in [-0.05, 0) is 108 Å². The Morgan fingerprint density at radius 1 is 0.873 bits per heavy atom. The number of rotatable bonds is 10. The minimum atomic E-state index is -1.07. The van der Waals surface area contributed by atoms with Crippen LogP contribution in [0.1, 0.15) is 67.2 Å². The summed E-state index contributed by atoms with van der Waals surface area (Å²) < 4.78 is 23.4. The number of methoxy groups -OCH3 is 1. The van der Waals surface area contributed by atoms with Gasteiger partial charge in [0, 0.05) is 19.8 Å². The monoisotopic (exact) mass is 888 g/mol. The van der Waals surface area contributed by atoms with E-state index in [1.165, 1.54) is 18.9 Å². The van der Waals surface area contributed by atoms with E-state index in [2.05, 4.69) is 11.4 Å². The van der Waals surface area contributed by atoms with E-state index in [9.17, 15) is 19.2 Å². The van der Waals surface area contributed by atoms with Crippen LogP contribution < -0.4 is 19.7 Å². The van der Waals surface area contributed by atoms with Crippen LogP contribution in [0, 0.1) is 11.3 Å². The Labute approximate surface area is 376 Å². The quantitative estimate of drug-likeness (QED) is 0.136. The summed E-state index contributed by atoms with van der Waals surface area (Å²) in [6.45, 7) is 7.23. The van der Waals surface area contributed by atoms with Gasteiger partial charge in [0.1, 0.15) is 41.9 Å². The van der Waals surface area contributed by atoms with Gasteiger partial charge < -0.3 is 29.2 Å². The Morgan fingerprint density at radius 3 is 2.16 bits per heavy atom. The minimum Gasteiger partial charge on any atom is -0.489 e. The number of carbonyl (C=O) groups is 4. The third-order valence-corrected chi connectivity index (χ3v) is 11.6. The highest BCUT2D eigenvalue weighted by molar-refractivity contribution is 6.42. The molecule has 0 saturated carbocycles. The third kappa shape index (κ3) is 10.6. The van der Waals surface area contributed by atoms with Gasteiger partial charge in [-0.15, -0.1) is 0 Å². The topological polar surface area (TPSA) is 148 Å². The summed E-state index contributed by atoms with van der Waals surface area (Å²) in [6, 6.07) is 31.1. The molecule has 0 bridgehead atoms. The van der Waals surface area contributed by atoms with Crippen LogP contribution in [-0.2, 0) is 49.9 Å². The number of nitrogens with one attached hydrogen (secondary N) is 1. The first-order chi connectivity index (χ1) is 30.1. The van der Waals surface area contributed by atoms with E-state index in [-0.39, 0.29) is 31.8 Å². The van der Waals surface area contributed by atoms with Gasteiger partial charge in [-0.3, -0.25) is 14.5 Å². The molecule has 0 spiro atoms. The predicted molar refractivity (Wildman–Crippen MR) is 239 cm³/mol. The third-order valence-electron chi connectivity index (χ3n) is 10.8. The number of hydrogen-bond donors (Lipinski definition) is 1. The predicted octanol–water partition coefficient (Wildman–Crippen LogP) is 9.16. The Morgan fingerprint density at radius 2 is 1.54 bits per heavy atom. The van der Waals surface area contributed by atoms with Crippen molar-refractivity contribution in [1.82, 2.24) is 10.2 Å². The molecule has 63 heavy (non-hydrogen) atoms. The molecule has 2 heterocycles. The zero-order valence-corrected chi connectivity index (χ0v) is 37.0. The van der Waals surface area contributed by atoms with Crippen LogP contribution in [-0.4, -0.2) is 60.1 Å². The molecule has 1 N–H and O–H groups in total. The van der Waals surface area contributed by atoms with Crippen LogP contribution in [0.2, 0.25) is 10.0 Å². The molecule has 0 aromatic heterocycles. The highest BCUT2D eigenvalue weighted by Gasteiger charge is 2.40. The standard InChI is InChI=1S/C49H46Cl2N4O8/c1-29(56)54-27-45(35-15-17-38(18-16-35)61-28-32-10-19-39(50)40(51)20-32)62-44-24-37-26-55(48(59)63-49(2,3)4)43(23-36(37)22-42(44)54)46(57)53-41(47(58)60-5)21-30-6-11-33(12-7-30)34-13-8-31(25-52)9-14-34/h6-20,22,24,41,43,45H,21,23,26-28H2,1-5H3,(H,53,57)/t41-,43?,45?/m0/s1. The molecule has 0 saturated heterocycles. The average molecular weight is 890 g/mol. The summed E-state index contributed by atoms with van der Waals surface area (Å²) in [6.07, 6.45) is -1.03. The summed E-state index contributed by atoms with van der Waals surface area (Å²) >= 11 is 12.2. The number of nitriles is 1. The second-order valence-electron chi connectivity index (χ2n) is 16.4. The molecule has 0 aliphatic carbocycles. The second-order valence-corrected chi connectivity index (χ2v) is 17.2. The minimum absolute atomic E-state index is 0.00568. The number of hydrogen-bond acceptors (Lipinski definition) is 9. The fourth-order valence-electron chi connectivity index (χ4n) is 7.57. The molecule has 5 aromatic carbocycles. The first-order valence-corrected chi connectivity index (χ1v) is 21.1. The van der Waals surface area contributed by atoms with Crippen molar-refractivity contribution < 1.29 is 38.1 Å². The van der Waals surface area contributed by atoms with Crippen molar-refractivity contribution in [1.29, 1.82) is 5.26 Å². The van der Waals surface area contributed by atoms with Crippen molar-refractivity contribution in [3.8, 4) is 28.7 Å². The number of carbonyl (C=O) groups excluding carboxylic acids is 4. The van der Waals surface area contributed by atoms with Gasteiger partial charge in [-0.1, -0.05) is 77.8 Å². The number of esters is 1. The van der Waals surface area contributed by atoms with Gasteiger partial charge in [0.15, 0.2) is 0 Å². The van der Waals surface area contributed by atoms with Crippen LogP contribution >= 0.6 is 23.2 Å². The summed E-state index contributed by atoms with van der Waals surface area (Å²) in [4.78, 5) is 57.5. The molecule has 3 amide bonds. The molecule has 14 heteroatoms. The number of amides is 3. The van der Waals surface area contributed by atoms with Gasteiger partial charge in [-0.25, -0.2) is 9.59 Å². The molecule has 5 aromatic rings. The van der Waals surface area contributed by atoms with Crippen LogP contribution in [0.4, 0.5) is 10.5 Å². The fourth-order valence-corrected chi connectivity index (χ4v) is 7.89. The van der Waals surface area contributed by atoms with Gasteiger partial charge in [0.05, 0.1) is 47.6 Å². The molecule has 3 atom stereocenters. The van der Waals surface area contributed by atoms with E-state index in [0.29, 0.717) is 45.0 Å². The number of benzene rings is 5. The van der Waals surface area contributed by atoms with Crippen LogP contribution in [0.15, 0.2) is 103 Å². The van der Waals surface area contributed by atoms with E-state index < -0.39 is 41.8 Å². The van der Waals surface area contributed by atoms with Gasteiger partial charge in [0.2, 0.25) is 11.8 Å². The van der Waals surface area contributed by atoms with E-state index in [1.54, 1.807) is 49.9 Å². The summed E-state index contributed by atoms with van der Waals surface area (Å²) in [7, 11) is 1.25. The first kappa shape index (κ1) is 44.5. The van der Waals surface area contributed by atoms with E-state index in [0.717, 1.165) is 33.4 Å². The van der Waals surface area contributed by atoms with Gasteiger partial charge >= 0.3 is 12.1 Å². The number of halogens is 2. The maximum absolute atomic E-state index is 14.3. The number of ether oxygens (including phenoxy) is 4. The summed E-state index contributed by atoms with van der Waals surface area (Å²) in [5.74, 6) is -0.339. The number of fused-ring (bicyclic) bond motifs is 2. The molecule has 2 aliphatic rings. The Bertz CT molecular complexity index is 2570. The Hall–Kier alpha value is -6.55.